The summed E-state index contributed by atoms with van der Waals surface area (Å²) < 4.78 is 3.99. The Morgan fingerprint density at radius 2 is 2.28 bits per heavy atom. The van der Waals surface area contributed by atoms with Gasteiger partial charge in [0.2, 0.25) is 11.5 Å². The molecule has 12 nitrogen and oxygen atoms in total. The maximum atomic E-state index is 13.0. The van der Waals surface area contributed by atoms with Gasteiger partial charge in [-0.15, -0.1) is 23.5 Å². The minimum Gasteiger partial charge on any atom is -0.477 e. The van der Waals surface area contributed by atoms with Gasteiger partial charge in [0.1, 0.15) is 23.7 Å². The van der Waals surface area contributed by atoms with E-state index >= 15 is 0 Å². The second kappa shape index (κ2) is 11.5. The van der Waals surface area contributed by atoms with Crippen molar-refractivity contribution in [2.45, 2.75) is 24.8 Å². The summed E-state index contributed by atoms with van der Waals surface area (Å²) in [4.78, 5) is 51.6. The number of allylic oxidation sites excluding steroid dienone is 1. The first-order chi connectivity index (χ1) is 17.3. The summed E-state index contributed by atoms with van der Waals surface area (Å²) in [5, 5.41) is 17.7. The molecule has 4 heterocycles. The van der Waals surface area contributed by atoms with Gasteiger partial charge in [0.15, 0.2) is 5.13 Å². The van der Waals surface area contributed by atoms with E-state index in [4.69, 9.17) is 10.6 Å². The van der Waals surface area contributed by atoms with Gasteiger partial charge in [-0.2, -0.15) is 9.36 Å². The van der Waals surface area contributed by atoms with E-state index in [2.05, 4.69) is 37.9 Å². The van der Waals surface area contributed by atoms with Gasteiger partial charge in [0.25, 0.3) is 11.8 Å². The number of carbonyl (C=O) groups excluding carboxylic acids is 2. The molecule has 4 N–H and O–H groups in total. The zero-order chi connectivity index (χ0) is 25.8. The predicted molar refractivity (Wildman–Crippen MR) is 139 cm³/mol. The lowest BCUT2D eigenvalue weighted by molar-refractivity contribution is -0.150. The van der Waals surface area contributed by atoms with Crippen LogP contribution in [0.4, 0.5) is 5.13 Å². The number of nitrogen functional groups attached to an aromatic ring is 1. The first-order valence-corrected chi connectivity index (χ1v) is 13.7. The van der Waals surface area contributed by atoms with Crippen molar-refractivity contribution in [3.8, 4) is 0 Å². The lowest BCUT2D eigenvalue weighted by Crippen LogP contribution is -2.71. The molecule has 0 radical (unpaired) electrons. The summed E-state index contributed by atoms with van der Waals surface area (Å²) >= 11 is 3.82. The highest BCUT2D eigenvalue weighted by molar-refractivity contribution is 8.05. The van der Waals surface area contributed by atoms with Crippen molar-refractivity contribution in [1.82, 2.24) is 24.5 Å². The monoisotopic (exact) mass is 551 g/mol. The highest BCUT2D eigenvalue weighted by atomic mass is 32.2. The van der Waals surface area contributed by atoms with Gasteiger partial charge in [-0.1, -0.05) is 11.2 Å². The van der Waals surface area contributed by atoms with E-state index in [1.807, 2.05) is 5.41 Å². The van der Waals surface area contributed by atoms with Gasteiger partial charge in [-0.3, -0.25) is 14.5 Å². The van der Waals surface area contributed by atoms with Crippen LogP contribution in [0.25, 0.3) is 0 Å². The molecular weight excluding hydrogens is 526 g/mol. The number of nitrogens with one attached hydrogen (secondary N) is 1. The van der Waals surface area contributed by atoms with Crippen LogP contribution in [-0.2, 0) is 19.2 Å². The van der Waals surface area contributed by atoms with E-state index in [-0.39, 0.29) is 29.0 Å². The number of carboxylic acids is 1. The van der Waals surface area contributed by atoms with Gasteiger partial charge in [0, 0.05) is 30.4 Å². The summed E-state index contributed by atoms with van der Waals surface area (Å²) in [6, 6.07) is -0.928. The van der Waals surface area contributed by atoms with Crippen LogP contribution in [0.2, 0.25) is 0 Å². The van der Waals surface area contributed by atoms with Crippen molar-refractivity contribution in [3.63, 3.8) is 0 Å². The van der Waals surface area contributed by atoms with E-state index in [9.17, 15) is 19.5 Å². The largest absolute Gasteiger partial charge is 0.477 e. The number of fused-ring (bicyclic) bond motifs is 1. The fourth-order valence-electron chi connectivity index (χ4n) is 3.77. The molecule has 0 spiro atoms. The SMILES string of the molecule is CCON=C(C(=O)NC1C(=O)N2C(C(=O)O)=C(C=CSC3=CCCN(C)C3)CS[C@@H]12)c1nsc(N)n1. The van der Waals surface area contributed by atoms with Crippen LogP contribution in [-0.4, -0.2) is 91.7 Å². The van der Waals surface area contributed by atoms with Crippen LogP contribution in [0.15, 0.2) is 38.9 Å². The topological polar surface area (TPSA) is 163 Å². The third-order valence-electron chi connectivity index (χ3n) is 5.44. The number of carboxylic acid groups (broad SMARTS) is 1. The number of amides is 2. The van der Waals surface area contributed by atoms with Gasteiger partial charge in [-0.05, 0) is 42.4 Å². The molecule has 192 valence electrons. The Kier molecular flexibility index (Phi) is 8.33. The molecule has 0 aromatic carbocycles. The van der Waals surface area contributed by atoms with Crippen LogP contribution in [0.3, 0.4) is 0 Å². The van der Waals surface area contributed by atoms with Gasteiger partial charge >= 0.3 is 5.97 Å². The molecule has 3 aliphatic heterocycles. The molecule has 0 saturated carbocycles. The Hall–Kier alpha value is -2.88. The molecule has 0 bridgehead atoms. The standard InChI is InChI=1S/C21H25N7O5S3/c1-3-33-25-13(16-24-21(22)36-26-16)17(29)23-14-18(30)28-15(20(31)32)11(10-35-19(14)28)6-8-34-12-5-4-7-27(2)9-12/h5-6,8,14,19H,3-4,7,9-10H2,1-2H3,(H,23,29)(H,31,32)(H2,22,24,26)/t14?,19-/m0/s1. The second-order valence-corrected chi connectivity index (χ2v) is 10.9. The fourth-order valence-corrected chi connectivity index (χ4v) is 6.44. The number of hydrogen-bond acceptors (Lipinski definition) is 12. The van der Waals surface area contributed by atoms with Crippen LogP contribution in [0.5, 0.6) is 0 Å². The van der Waals surface area contributed by atoms with Gasteiger partial charge < -0.3 is 25.9 Å². The zero-order valence-electron chi connectivity index (χ0n) is 19.5. The zero-order valence-corrected chi connectivity index (χ0v) is 22.0. The quantitative estimate of drug-likeness (QED) is 0.228. The van der Waals surface area contributed by atoms with Crippen LogP contribution >= 0.6 is 35.1 Å². The number of thioether (sulfide) groups is 2. The number of nitrogens with zero attached hydrogens (tertiary/aromatic N) is 5. The normalized spacial score (nSPS) is 22.8. The molecule has 1 aromatic rings. The number of β-lactam (4-membered cyclic amide) rings is 1. The summed E-state index contributed by atoms with van der Waals surface area (Å²) in [6.45, 7) is 3.77. The molecule has 36 heavy (non-hydrogen) atoms. The Morgan fingerprint density at radius 3 is 2.94 bits per heavy atom. The van der Waals surface area contributed by atoms with Crippen molar-refractivity contribution in [3.05, 3.63) is 39.6 Å². The Morgan fingerprint density at radius 1 is 1.47 bits per heavy atom. The lowest BCUT2D eigenvalue weighted by atomic mass is 10.0. The Labute approximate surface area is 219 Å². The molecule has 1 saturated heterocycles. The molecule has 15 heteroatoms. The fraction of sp³-hybridized carbons (Fsp3) is 0.429. The average molecular weight is 552 g/mol. The number of nitrogens with two attached hydrogens (primary N) is 1. The highest BCUT2D eigenvalue weighted by Crippen LogP contribution is 2.41. The number of likely N-dealkylation sites (N-methyl/N-ethyl adjacent to an activating group) is 1. The summed E-state index contributed by atoms with van der Waals surface area (Å²) in [5.74, 6) is -2.06. The minimum absolute atomic E-state index is 0.0151. The van der Waals surface area contributed by atoms with Crippen molar-refractivity contribution >= 4 is 63.7 Å². The minimum atomic E-state index is -1.19. The van der Waals surface area contributed by atoms with Crippen molar-refractivity contribution < 1.29 is 24.3 Å². The third kappa shape index (κ3) is 5.58. The summed E-state index contributed by atoms with van der Waals surface area (Å²) in [5.41, 5.74) is 5.87. The number of carbonyl (C=O) groups is 3. The van der Waals surface area contributed by atoms with E-state index in [1.54, 1.807) is 24.8 Å². The number of hydrogen-bond donors (Lipinski definition) is 3. The number of oxime groups is 1. The smallest absolute Gasteiger partial charge is 0.352 e. The van der Waals surface area contributed by atoms with Gasteiger partial charge in [0.05, 0.1) is 0 Å². The predicted octanol–water partition coefficient (Wildman–Crippen LogP) is 1.07. The third-order valence-corrected chi connectivity index (χ3v) is 8.15. The van der Waals surface area contributed by atoms with E-state index < -0.39 is 29.2 Å². The maximum Gasteiger partial charge on any atom is 0.352 e. The first kappa shape index (κ1) is 26.2. The van der Waals surface area contributed by atoms with Crippen molar-refractivity contribution in [1.29, 1.82) is 0 Å². The molecule has 1 unspecified atom stereocenters. The number of aromatic nitrogens is 2. The Bertz CT molecular complexity index is 1180. The summed E-state index contributed by atoms with van der Waals surface area (Å²) in [6.07, 6.45) is 4.90. The second-order valence-electron chi connectivity index (χ2n) is 7.97. The molecule has 0 aliphatic carbocycles. The maximum absolute atomic E-state index is 13.0. The molecule has 4 rings (SSSR count). The molecule has 2 atom stereocenters. The number of aliphatic carboxylic acids is 1. The van der Waals surface area contributed by atoms with Crippen LogP contribution in [0, 0.1) is 0 Å². The van der Waals surface area contributed by atoms with Crippen molar-refractivity contribution in [2.24, 2.45) is 5.16 Å². The number of rotatable bonds is 9. The van der Waals surface area contributed by atoms with E-state index in [0.717, 1.165) is 31.0 Å². The molecule has 2 amide bonds. The molecular formula is C21H25N7O5S3. The average Bonchev–Trinajstić information content (AvgIpc) is 3.28. The van der Waals surface area contributed by atoms with Crippen LogP contribution in [0.1, 0.15) is 19.2 Å². The van der Waals surface area contributed by atoms with Crippen LogP contribution < -0.4 is 11.1 Å². The first-order valence-electron chi connectivity index (χ1n) is 11.0. The Balaban J connectivity index is 1.47. The number of anilines is 1. The molecule has 3 aliphatic rings. The summed E-state index contributed by atoms with van der Waals surface area (Å²) in [7, 11) is 2.05. The van der Waals surface area contributed by atoms with Crippen molar-refractivity contribution in [2.75, 3.05) is 38.2 Å². The van der Waals surface area contributed by atoms with E-state index in [1.165, 1.54) is 21.6 Å². The molecule has 1 aromatic heterocycles. The highest BCUT2D eigenvalue weighted by Gasteiger charge is 2.54. The van der Waals surface area contributed by atoms with E-state index in [0.29, 0.717) is 11.3 Å². The van der Waals surface area contributed by atoms with Gasteiger partial charge in [-0.25, -0.2) is 4.79 Å². The lowest BCUT2D eigenvalue weighted by Gasteiger charge is -2.49. The molecule has 1 fully saturated rings.